The van der Waals surface area contributed by atoms with Crippen LogP contribution in [0.1, 0.15) is 25.3 Å². The van der Waals surface area contributed by atoms with Crippen molar-refractivity contribution >= 4 is 11.0 Å². The molecule has 0 bridgehead atoms. The lowest BCUT2D eigenvalue weighted by Crippen LogP contribution is -2.25. The van der Waals surface area contributed by atoms with E-state index in [9.17, 15) is 9.18 Å². The molecule has 0 N–H and O–H groups in total. The molecule has 132 valence electrons. The third kappa shape index (κ3) is 2.35. The summed E-state index contributed by atoms with van der Waals surface area (Å²) < 4.78 is 32.6. The Labute approximate surface area is 148 Å². The topological polar surface area (TPSA) is 50.7 Å². The van der Waals surface area contributed by atoms with E-state index in [-0.39, 0.29) is 33.3 Å². The normalized spacial score (nSPS) is 15.2. The maximum Gasteiger partial charge on any atom is 0.328 e. The molecule has 0 unspecified atom stereocenters. The predicted octanol–water partition coefficient (Wildman–Crippen LogP) is 3.96. The Bertz CT molecular complexity index is 1150. The first-order valence-electron chi connectivity index (χ1n) is 8.43. The van der Waals surface area contributed by atoms with Gasteiger partial charge >= 0.3 is 5.69 Å². The lowest BCUT2D eigenvalue weighted by atomic mass is 10.0. The molecule has 1 aromatic heterocycles. The highest BCUT2D eigenvalue weighted by Crippen LogP contribution is 2.46. The van der Waals surface area contributed by atoms with Gasteiger partial charge in [0.1, 0.15) is 17.4 Å². The Morgan fingerprint density at radius 2 is 1.85 bits per heavy atom. The first kappa shape index (κ1) is 16.5. The molecule has 1 aliphatic rings. The molecule has 26 heavy (non-hydrogen) atoms. The second-order valence-electron chi connectivity index (χ2n) is 7.31. The standard InChI is InChI=1S/C20H17F2N3O/c1-20(8-9-20)11-25-15-7-6-14(17(22)18(15)24(2)19(25)26)13-5-3-4-12(10-23)16(13)21/h3-7H,8-9,11H2,1-2H3. The van der Waals surface area contributed by atoms with Crippen molar-refractivity contribution in [3.8, 4) is 17.2 Å². The molecule has 1 fully saturated rings. The Morgan fingerprint density at radius 1 is 1.15 bits per heavy atom. The molecule has 1 saturated carbocycles. The summed E-state index contributed by atoms with van der Waals surface area (Å²) in [4.78, 5) is 12.6. The summed E-state index contributed by atoms with van der Waals surface area (Å²) in [6.45, 7) is 2.64. The first-order chi connectivity index (χ1) is 12.4. The highest BCUT2D eigenvalue weighted by Gasteiger charge is 2.38. The number of nitrogens with zero attached hydrogens (tertiary/aromatic N) is 3. The van der Waals surface area contributed by atoms with E-state index >= 15 is 4.39 Å². The van der Waals surface area contributed by atoms with Crippen LogP contribution in [-0.4, -0.2) is 9.13 Å². The molecule has 0 aliphatic heterocycles. The number of hydrogen-bond acceptors (Lipinski definition) is 2. The highest BCUT2D eigenvalue weighted by molar-refractivity contribution is 5.84. The predicted molar refractivity (Wildman–Crippen MR) is 94.6 cm³/mol. The van der Waals surface area contributed by atoms with Crippen LogP contribution in [0.3, 0.4) is 0 Å². The zero-order valence-corrected chi connectivity index (χ0v) is 14.5. The van der Waals surface area contributed by atoms with Crippen LogP contribution in [0.2, 0.25) is 0 Å². The van der Waals surface area contributed by atoms with Crippen LogP contribution >= 0.6 is 0 Å². The van der Waals surface area contributed by atoms with Gasteiger partial charge in [0.25, 0.3) is 0 Å². The minimum atomic E-state index is -0.761. The summed E-state index contributed by atoms with van der Waals surface area (Å²) in [6.07, 6.45) is 2.09. The molecule has 0 amide bonds. The molecule has 0 spiro atoms. The number of benzene rings is 2. The Hall–Kier alpha value is -2.94. The summed E-state index contributed by atoms with van der Waals surface area (Å²) >= 11 is 0. The van der Waals surface area contributed by atoms with Crippen molar-refractivity contribution < 1.29 is 8.78 Å². The monoisotopic (exact) mass is 353 g/mol. The van der Waals surface area contributed by atoms with Crippen molar-refractivity contribution in [3.63, 3.8) is 0 Å². The summed E-state index contributed by atoms with van der Waals surface area (Å²) in [5.41, 5.74) is 0.364. The van der Waals surface area contributed by atoms with Crippen molar-refractivity contribution in [1.29, 1.82) is 5.26 Å². The SMILES string of the molecule is Cn1c(=O)n(CC2(C)CC2)c2ccc(-c3cccc(C#N)c3F)c(F)c21. The zero-order chi connectivity index (χ0) is 18.6. The quantitative estimate of drug-likeness (QED) is 0.716. The fraction of sp³-hybridized carbons (Fsp3) is 0.300. The van der Waals surface area contributed by atoms with Gasteiger partial charge in [-0.15, -0.1) is 0 Å². The number of hydrogen-bond donors (Lipinski definition) is 0. The van der Waals surface area contributed by atoms with Gasteiger partial charge in [0.15, 0.2) is 5.82 Å². The van der Waals surface area contributed by atoms with Gasteiger partial charge in [0, 0.05) is 24.7 Å². The summed E-state index contributed by atoms with van der Waals surface area (Å²) in [6, 6.07) is 9.18. The van der Waals surface area contributed by atoms with Crippen molar-refractivity contribution in [2.45, 2.75) is 26.3 Å². The van der Waals surface area contributed by atoms with Crippen LogP contribution in [0, 0.1) is 28.4 Å². The highest BCUT2D eigenvalue weighted by atomic mass is 19.1. The Balaban J connectivity index is 1.96. The van der Waals surface area contributed by atoms with Gasteiger partial charge in [-0.2, -0.15) is 5.26 Å². The van der Waals surface area contributed by atoms with E-state index in [1.165, 1.54) is 35.9 Å². The van der Waals surface area contributed by atoms with Gasteiger partial charge in [-0.05, 0) is 36.5 Å². The van der Waals surface area contributed by atoms with E-state index in [2.05, 4.69) is 6.92 Å². The number of imidazole rings is 1. The average molecular weight is 353 g/mol. The maximum absolute atomic E-state index is 15.3. The molecule has 1 aliphatic carbocycles. The van der Waals surface area contributed by atoms with E-state index in [1.807, 2.05) is 0 Å². The number of nitriles is 1. The molecular weight excluding hydrogens is 336 g/mol. The first-order valence-corrected chi connectivity index (χ1v) is 8.43. The second kappa shape index (κ2) is 5.53. The minimum absolute atomic E-state index is 0.0119. The molecule has 4 rings (SSSR count). The fourth-order valence-electron chi connectivity index (χ4n) is 3.41. The van der Waals surface area contributed by atoms with Gasteiger partial charge in [0.2, 0.25) is 0 Å². The average Bonchev–Trinajstić information content (AvgIpc) is 3.31. The van der Waals surface area contributed by atoms with Gasteiger partial charge in [-0.3, -0.25) is 9.13 Å². The van der Waals surface area contributed by atoms with E-state index in [0.717, 1.165) is 12.8 Å². The largest absolute Gasteiger partial charge is 0.328 e. The zero-order valence-electron chi connectivity index (χ0n) is 14.5. The van der Waals surface area contributed by atoms with E-state index in [1.54, 1.807) is 16.7 Å². The van der Waals surface area contributed by atoms with Gasteiger partial charge in [-0.25, -0.2) is 13.6 Å². The summed E-state index contributed by atoms with van der Waals surface area (Å²) in [7, 11) is 1.52. The summed E-state index contributed by atoms with van der Waals surface area (Å²) in [5.74, 6) is -1.42. The molecule has 0 radical (unpaired) electrons. The van der Waals surface area contributed by atoms with Crippen molar-refractivity contribution in [1.82, 2.24) is 9.13 Å². The van der Waals surface area contributed by atoms with Crippen LogP contribution in [0.15, 0.2) is 35.1 Å². The second-order valence-corrected chi connectivity index (χ2v) is 7.31. The van der Waals surface area contributed by atoms with Crippen LogP contribution in [0.25, 0.3) is 22.2 Å². The molecule has 4 nitrogen and oxygen atoms in total. The van der Waals surface area contributed by atoms with Crippen LogP contribution in [-0.2, 0) is 13.6 Å². The molecule has 1 heterocycles. The molecule has 0 saturated heterocycles. The molecule has 6 heteroatoms. The number of aryl methyl sites for hydroxylation is 1. The van der Waals surface area contributed by atoms with Crippen molar-refractivity contribution in [2.75, 3.05) is 0 Å². The third-order valence-electron chi connectivity index (χ3n) is 5.29. The van der Waals surface area contributed by atoms with E-state index in [0.29, 0.717) is 12.1 Å². The Morgan fingerprint density at radius 3 is 2.50 bits per heavy atom. The van der Waals surface area contributed by atoms with Gasteiger partial charge in [-0.1, -0.05) is 19.1 Å². The number of aromatic nitrogens is 2. The number of rotatable bonds is 3. The smallest absolute Gasteiger partial charge is 0.292 e. The number of fused-ring (bicyclic) bond motifs is 1. The molecule has 0 atom stereocenters. The fourth-order valence-corrected chi connectivity index (χ4v) is 3.41. The number of halogens is 2. The third-order valence-corrected chi connectivity index (χ3v) is 5.29. The van der Waals surface area contributed by atoms with Crippen LogP contribution in [0.5, 0.6) is 0 Å². The molecule has 2 aromatic carbocycles. The van der Waals surface area contributed by atoms with Gasteiger partial charge < -0.3 is 0 Å². The molecule has 3 aromatic rings. The lowest BCUT2D eigenvalue weighted by Gasteiger charge is -2.10. The Kier molecular flexibility index (Phi) is 3.52. The van der Waals surface area contributed by atoms with Crippen molar-refractivity contribution in [2.24, 2.45) is 12.5 Å². The molecular formula is C20H17F2N3O. The minimum Gasteiger partial charge on any atom is -0.292 e. The van der Waals surface area contributed by atoms with Crippen LogP contribution < -0.4 is 5.69 Å². The van der Waals surface area contributed by atoms with Gasteiger partial charge in [0.05, 0.1) is 11.1 Å². The maximum atomic E-state index is 15.3. The van der Waals surface area contributed by atoms with Crippen LogP contribution in [0.4, 0.5) is 8.78 Å². The summed E-state index contributed by atoms with van der Waals surface area (Å²) in [5, 5.41) is 9.00. The van der Waals surface area contributed by atoms with E-state index in [4.69, 9.17) is 5.26 Å². The van der Waals surface area contributed by atoms with E-state index < -0.39 is 11.6 Å². The lowest BCUT2D eigenvalue weighted by molar-refractivity contribution is 0.460. The van der Waals surface area contributed by atoms with Crippen molar-refractivity contribution in [3.05, 3.63) is 58.0 Å².